The number of fused-ring (bicyclic) bond motifs is 2. The number of hydrogen-bond donors (Lipinski definition) is 3. The van der Waals surface area contributed by atoms with Gasteiger partial charge in [-0.1, -0.05) is 23.8 Å². The Kier molecular flexibility index (Phi) is 3.30. The highest BCUT2D eigenvalue weighted by atomic mass is 16.2. The quantitative estimate of drug-likeness (QED) is 0.756. The number of nitrogens with one attached hydrogen (secondary N) is 3. The van der Waals surface area contributed by atoms with E-state index in [0.29, 0.717) is 13.1 Å². The van der Waals surface area contributed by atoms with E-state index in [-0.39, 0.29) is 17.9 Å². The second-order valence-corrected chi connectivity index (χ2v) is 6.48. The maximum absolute atomic E-state index is 12.3. The highest BCUT2D eigenvalue weighted by Gasteiger charge is 2.31. The maximum Gasteiger partial charge on any atom is 0.319 e. The van der Waals surface area contributed by atoms with Crippen LogP contribution in [0, 0.1) is 13.8 Å². The van der Waals surface area contributed by atoms with Crippen LogP contribution in [0.4, 0.5) is 10.5 Å². The van der Waals surface area contributed by atoms with E-state index in [4.69, 9.17) is 0 Å². The van der Waals surface area contributed by atoms with Crippen molar-refractivity contribution in [3.63, 3.8) is 0 Å². The Morgan fingerprint density at radius 3 is 2.71 bits per heavy atom. The Hall–Kier alpha value is -2.82. The molecule has 3 amide bonds. The SMILES string of the molecule is Cc1ccc2c(c1)C(=O)NCC2c1c(C)ccc2c1CNC(=O)N2. The molecule has 5 heteroatoms. The lowest BCUT2D eigenvalue weighted by Crippen LogP contribution is -2.38. The van der Waals surface area contributed by atoms with Gasteiger partial charge < -0.3 is 16.0 Å². The third-order valence-electron chi connectivity index (χ3n) is 4.89. The number of carbonyl (C=O) groups excluding carboxylic acids is 2. The molecule has 122 valence electrons. The lowest BCUT2D eigenvalue weighted by Gasteiger charge is -2.31. The summed E-state index contributed by atoms with van der Waals surface area (Å²) < 4.78 is 0. The smallest absolute Gasteiger partial charge is 0.319 e. The fraction of sp³-hybridized carbons (Fsp3) is 0.263. The summed E-state index contributed by atoms with van der Waals surface area (Å²) in [5.74, 6) is 0.0730. The van der Waals surface area contributed by atoms with Gasteiger partial charge in [0.2, 0.25) is 0 Å². The fourth-order valence-electron chi connectivity index (χ4n) is 3.74. The molecule has 0 fully saturated rings. The fourth-order valence-corrected chi connectivity index (χ4v) is 3.74. The molecule has 24 heavy (non-hydrogen) atoms. The molecule has 0 spiro atoms. The third-order valence-corrected chi connectivity index (χ3v) is 4.89. The topological polar surface area (TPSA) is 70.2 Å². The first kappa shape index (κ1) is 14.8. The number of urea groups is 1. The van der Waals surface area contributed by atoms with Crippen molar-refractivity contribution in [2.45, 2.75) is 26.3 Å². The summed E-state index contributed by atoms with van der Waals surface area (Å²) in [6, 6.07) is 9.86. The lowest BCUT2D eigenvalue weighted by atomic mass is 9.80. The molecule has 3 N–H and O–H groups in total. The van der Waals surface area contributed by atoms with Gasteiger partial charge >= 0.3 is 6.03 Å². The Bertz CT molecular complexity index is 873. The minimum Gasteiger partial charge on any atom is -0.351 e. The lowest BCUT2D eigenvalue weighted by molar-refractivity contribution is 0.0942. The van der Waals surface area contributed by atoms with Gasteiger partial charge in [-0.3, -0.25) is 4.79 Å². The van der Waals surface area contributed by atoms with E-state index in [1.165, 1.54) is 11.1 Å². The highest BCUT2D eigenvalue weighted by Crippen LogP contribution is 2.37. The summed E-state index contributed by atoms with van der Waals surface area (Å²) in [7, 11) is 0. The minimum absolute atomic E-state index is 0.0150. The van der Waals surface area contributed by atoms with E-state index in [9.17, 15) is 9.59 Å². The zero-order chi connectivity index (χ0) is 16.8. The van der Waals surface area contributed by atoms with Crippen molar-refractivity contribution in [3.8, 4) is 0 Å². The zero-order valence-electron chi connectivity index (χ0n) is 13.7. The van der Waals surface area contributed by atoms with Crippen LogP contribution in [0.15, 0.2) is 30.3 Å². The number of anilines is 1. The van der Waals surface area contributed by atoms with Gasteiger partial charge in [-0.15, -0.1) is 0 Å². The van der Waals surface area contributed by atoms with Gasteiger partial charge in [-0.2, -0.15) is 0 Å². The van der Waals surface area contributed by atoms with Crippen molar-refractivity contribution in [3.05, 3.63) is 63.7 Å². The molecule has 2 aliphatic rings. The zero-order valence-corrected chi connectivity index (χ0v) is 13.7. The predicted molar refractivity (Wildman–Crippen MR) is 92.4 cm³/mol. The van der Waals surface area contributed by atoms with Crippen LogP contribution in [0.3, 0.4) is 0 Å². The summed E-state index contributed by atoms with van der Waals surface area (Å²) >= 11 is 0. The number of rotatable bonds is 1. The molecule has 4 rings (SSSR count). The van der Waals surface area contributed by atoms with Crippen molar-refractivity contribution < 1.29 is 9.59 Å². The summed E-state index contributed by atoms with van der Waals surface area (Å²) in [6.45, 7) is 5.15. The number of benzene rings is 2. The number of hydrogen-bond acceptors (Lipinski definition) is 2. The maximum atomic E-state index is 12.3. The Morgan fingerprint density at radius 1 is 1.04 bits per heavy atom. The monoisotopic (exact) mass is 321 g/mol. The van der Waals surface area contributed by atoms with Crippen molar-refractivity contribution >= 4 is 17.6 Å². The molecule has 0 saturated heterocycles. The van der Waals surface area contributed by atoms with E-state index in [2.05, 4.69) is 35.0 Å². The standard InChI is InChI=1S/C19H19N3O2/c1-10-3-5-12-13(7-10)18(23)20-8-14(12)17-11(2)4-6-16-15(17)9-21-19(24)22-16/h3-7,14H,8-9H2,1-2H3,(H,20,23)(H2,21,22,24). The van der Waals surface area contributed by atoms with Gasteiger partial charge in [0.25, 0.3) is 5.91 Å². The van der Waals surface area contributed by atoms with Gasteiger partial charge in [-0.05, 0) is 48.2 Å². The average molecular weight is 321 g/mol. The summed E-state index contributed by atoms with van der Waals surface area (Å²) in [5.41, 5.74) is 7.18. The molecule has 0 bridgehead atoms. The number of aryl methyl sites for hydroxylation is 2. The van der Waals surface area contributed by atoms with E-state index in [0.717, 1.165) is 27.9 Å². The first-order chi connectivity index (χ1) is 11.5. The highest BCUT2D eigenvalue weighted by molar-refractivity contribution is 5.98. The predicted octanol–water partition coefficient (Wildman–Crippen LogP) is 2.81. The van der Waals surface area contributed by atoms with E-state index >= 15 is 0 Å². The molecule has 0 aliphatic carbocycles. The first-order valence-electron chi connectivity index (χ1n) is 8.10. The normalized spacial score (nSPS) is 18.8. The molecule has 0 radical (unpaired) electrons. The summed E-state index contributed by atoms with van der Waals surface area (Å²) in [5, 5.41) is 8.73. The minimum atomic E-state index is -0.176. The van der Waals surface area contributed by atoms with Gasteiger partial charge in [-0.25, -0.2) is 4.79 Å². The second-order valence-electron chi connectivity index (χ2n) is 6.48. The molecule has 0 saturated carbocycles. The van der Waals surface area contributed by atoms with Crippen molar-refractivity contribution in [1.29, 1.82) is 0 Å². The molecule has 1 atom stereocenters. The van der Waals surface area contributed by atoms with Gasteiger partial charge in [0.05, 0.1) is 0 Å². The molecular weight excluding hydrogens is 302 g/mol. The molecule has 2 aromatic carbocycles. The Balaban J connectivity index is 1.89. The van der Waals surface area contributed by atoms with Crippen LogP contribution >= 0.6 is 0 Å². The molecule has 2 aromatic rings. The van der Waals surface area contributed by atoms with Crippen LogP contribution in [0.25, 0.3) is 0 Å². The number of amides is 3. The molecule has 2 aliphatic heterocycles. The van der Waals surface area contributed by atoms with Crippen molar-refractivity contribution in [2.75, 3.05) is 11.9 Å². The molecule has 0 aromatic heterocycles. The van der Waals surface area contributed by atoms with E-state index in [1.807, 2.05) is 25.1 Å². The van der Waals surface area contributed by atoms with Crippen LogP contribution in [0.5, 0.6) is 0 Å². The summed E-state index contributed by atoms with van der Waals surface area (Å²) in [6.07, 6.45) is 0. The van der Waals surface area contributed by atoms with Crippen LogP contribution in [-0.2, 0) is 6.54 Å². The van der Waals surface area contributed by atoms with Crippen molar-refractivity contribution in [2.24, 2.45) is 0 Å². The van der Waals surface area contributed by atoms with Gasteiger partial charge in [0.1, 0.15) is 0 Å². The van der Waals surface area contributed by atoms with E-state index in [1.54, 1.807) is 0 Å². The molecule has 2 heterocycles. The van der Waals surface area contributed by atoms with Crippen LogP contribution < -0.4 is 16.0 Å². The van der Waals surface area contributed by atoms with Gasteiger partial charge in [0.15, 0.2) is 0 Å². The molecule has 5 nitrogen and oxygen atoms in total. The first-order valence-corrected chi connectivity index (χ1v) is 8.10. The summed E-state index contributed by atoms with van der Waals surface area (Å²) in [4.78, 5) is 23.8. The van der Waals surface area contributed by atoms with Crippen LogP contribution in [-0.4, -0.2) is 18.5 Å². The second kappa shape index (κ2) is 5.37. The Labute approximate surface area is 140 Å². The van der Waals surface area contributed by atoms with Gasteiger partial charge in [0, 0.05) is 30.3 Å². The van der Waals surface area contributed by atoms with E-state index < -0.39 is 0 Å². The van der Waals surface area contributed by atoms with Crippen molar-refractivity contribution in [1.82, 2.24) is 10.6 Å². The average Bonchev–Trinajstić information content (AvgIpc) is 2.56. The molecule has 1 unspecified atom stereocenters. The number of carbonyl (C=O) groups is 2. The third kappa shape index (κ3) is 2.24. The molecular formula is C19H19N3O2. The Morgan fingerprint density at radius 2 is 1.88 bits per heavy atom. The van der Waals surface area contributed by atoms with Crippen LogP contribution in [0.1, 0.15) is 44.1 Å². The largest absolute Gasteiger partial charge is 0.351 e. The van der Waals surface area contributed by atoms with Crippen LogP contribution in [0.2, 0.25) is 0 Å².